The number of nitrogens with one attached hydrogen (secondary N) is 2. The predicted octanol–water partition coefficient (Wildman–Crippen LogP) is 2.75. The SMILES string of the molecule is Cc1cc(C)c(CNC(=O)c2cccc(N(c3ccc4c(c3)OCCCO4)[SH](=O)=O)c2)c(=O)[nH]1. The molecule has 2 aromatic carbocycles. The van der Waals surface area contributed by atoms with E-state index in [-0.39, 0.29) is 17.7 Å². The van der Waals surface area contributed by atoms with E-state index in [1.807, 2.05) is 13.0 Å². The second-order valence-electron chi connectivity index (χ2n) is 7.91. The predicted molar refractivity (Wildman–Crippen MR) is 129 cm³/mol. The van der Waals surface area contributed by atoms with Gasteiger partial charge in [0.15, 0.2) is 11.5 Å². The van der Waals surface area contributed by atoms with Crippen LogP contribution in [-0.2, 0) is 17.4 Å². The molecule has 0 atom stereocenters. The second kappa shape index (κ2) is 10.0. The van der Waals surface area contributed by atoms with Crippen molar-refractivity contribution in [1.29, 1.82) is 0 Å². The minimum Gasteiger partial charge on any atom is -0.490 e. The Hall–Kier alpha value is -3.79. The Morgan fingerprint density at radius 2 is 1.76 bits per heavy atom. The number of ether oxygens (including phenoxy) is 2. The molecule has 2 heterocycles. The molecule has 1 aliphatic rings. The van der Waals surface area contributed by atoms with Gasteiger partial charge < -0.3 is 19.8 Å². The van der Waals surface area contributed by atoms with Gasteiger partial charge in [-0.1, -0.05) is 6.07 Å². The van der Waals surface area contributed by atoms with Crippen molar-refractivity contribution in [2.24, 2.45) is 0 Å². The lowest BCUT2D eigenvalue weighted by Crippen LogP contribution is -2.28. The Balaban J connectivity index is 1.58. The van der Waals surface area contributed by atoms with Gasteiger partial charge in [-0.25, -0.2) is 12.7 Å². The Morgan fingerprint density at radius 3 is 2.50 bits per heavy atom. The van der Waals surface area contributed by atoms with Gasteiger partial charge in [0.25, 0.3) is 11.5 Å². The Bertz CT molecular complexity index is 1360. The Kier molecular flexibility index (Phi) is 6.87. The van der Waals surface area contributed by atoms with Gasteiger partial charge in [-0.3, -0.25) is 9.59 Å². The van der Waals surface area contributed by atoms with E-state index in [9.17, 15) is 18.0 Å². The molecular weight excluding hydrogens is 458 g/mol. The van der Waals surface area contributed by atoms with Crippen LogP contribution in [0, 0.1) is 13.8 Å². The number of H-pyrrole nitrogens is 1. The van der Waals surface area contributed by atoms with Crippen LogP contribution in [0.15, 0.2) is 53.3 Å². The van der Waals surface area contributed by atoms with Crippen LogP contribution in [0.25, 0.3) is 0 Å². The normalized spacial score (nSPS) is 12.8. The number of carbonyl (C=O) groups excluding carboxylic acids is 1. The highest BCUT2D eigenvalue weighted by Gasteiger charge is 2.18. The van der Waals surface area contributed by atoms with E-state index in [2.05, 4.69) is 10.3 Å². The number of pyridine rings is 1. The highest BCUT2D eigenvalue weighted by Crippen LogP contribution is 2.36. The molecule has 0 radical (unpaired) electrons. The zero-order valence-electron chi connectivity index (χ0n) is 18.8. The molecule has 0 unspecified atom stereocenters. The summed E-state index contributed by atoms with van der Waals surface area (Å²) in [5, 5.41) is 2.73. The zero-order valence-corrected chi connectivity index (χ0v) is 19.7. The molecule has 1 amide bonds. The molecule has 0 spiro atoms. The molecule has 0 fully saturated rings. The number of anilines is 2. The lowest BCUT2D eigenvalue weighted by atomic mass is 10.1. The first-order valence-electron chi connectivity index (χ1n) is 10.8. The molecule has 178 valence electrons. The van der Waals surface area contributed by atoms with Gasteiger partial charge in [0.1, 0.15) is 0 Å². The van der Waals surface area contributed by atoms with Crippen LogP contribution in [-0.4, -0.2) is 32.5 Å². The number of rotatable bonds is 6. The summed E-state index contributed by atoms with van der Waals surface area (Å²) in [7, 11) is -3.06. The maximum absolute atomic E-state index is 12.8. The molecule has 1 aromatic heterocycles. The van der Waals surface area contributed by atoms with Crippen molar-refractivity contribution >= 4 is 28.2 Å². The van der Waals surface area contributed by atoms with Crippen LogP contribution in [0.2, 0.25) is 0 Å². The molecule has 1 aliphatic heterocycles. The van der Waals surface area contributed by atoms with Gasteiger partial charge in [-0.15, -0.1) is 0 Å². The summed E-state index contributed by atoms with van der Waals surface area (Å²) < 4.78 is 36.8. The number of amides is 1. The smallest absolute Gasteiger partial charge is 0.253 e. The van der Waals surface area contributed by atoms with E-state index in [4.69, 9.17) is 9.47 Å². The minimum atomic E-state index is -3.06. The van der Waals surface area contributed by atoms with Crippen LogP contribution in [0.1, 0.15) is 33.6 Å². The van der Waals surface area contributed by atoms with E-state index in [1.54, 1.807) is 43.3 Å². The van der Waals surface area contributed by atoms with Crippen LogP contribution in [0.5, 0.6) is 11.5 Å². The molecule has 0 aliphatic carbocycles. The topological polar surface area (TPSA) is 118 Å². The molecule has 0 saturated carbocycles. The first kappa shape index (κ1) is 23.4. The Labute approximate surface area is 198 Å². The maximum Gasteiger partial charge on any atom is 0.253 e. The number of hydrogen-bond acceptors (Lipinski definition) is 6. The van der Waals surface area contributed by atoms with Crippen LogP contribution in [0.4, 0.5) is 11.4 Å². The summed E-state index contributed by atoms with van der Waals surface area (Å²) in [6, 6.07) is 13.0. The number of aromatic nitrogens is 1. The number of aromatic amines is 1. The van der Waals surface area contributed by atoms with Crippen molar-refractivity contribution in [2.75, 3.05) is 17.5 Å². The molecular formula is C24H25N3O6S. The number of fused-ring (bicyclic) bond motifs is 1. The van der Waals surface area contributed by atoms with Gasteiger partial charge in [-0.2, -0.15) is 0 Å². The fraction of sp³-hybridized carbons (Fsp3) is 0.250. The van der Waals surface area contributed by atoms with E-state index in [1.165, 1.54) is 6.07 Å². The average molecular weight is 484 g/mol. The van der Waals surface area contributed by atoms with Crippen molar-refractivity contribution in [3.63, 3.8) is 0 Å². The van der Waals surface area contributed by atoms with Crippen molar-refractivity contribution in [3.8, 4) is 11.5 Å². The van der Waals surface area contributed by atoms with E-state index < -0.39 is 16.8 Å². The number of thiol groups is 1. The van der Waals surface area contributed by atoms with Crippen molar-refractivity contribution in [3.05, 3.63) is 81.3 Å². The van der Waals surface area contributed by atoms with Crippen molar-refractivity contribution in [1.82, 2.24) is 10.3 Å². The molecule has 0 saturated heterocycles. The third-order valence-corrected chi connectivity index (χ3v) is 6.20. The summed E-state index contributed by atoms with van der Waals surface area (Å²) in [6.07, 6.45) is 0.731. The first-order valence-corrected chi connectivity index (χ1v) is 11.9. The van der Waals surface area contributed by atoms with Crippen LogP contribution >= 0.6 is 0 Å². The third-order valence-electron chi connectivity index (χ3n) is 5.41. The van der Waals surface area contributed by atoms with E-state index in [0.717, 1.165) is 22.0 Å². The molecule has 0 bridgehead atoms. The quantitative estimate of drug-likeness (QED) is 0.464. The third kappa shape index (κ3) is 5.07. The largest absolute Gasteiger partial charge is 0.490 e. The number of hydrogen-bond donors (Lipinski definition) is 3. The summed E-state index contributed by atoms with van der Waals surface area (Å²) in [6.45, 7) is 4.64. The molecule has 9 nitrogen and oxygen atoms in total. The number of aryl methyl sites for hydroxylation is 2. The monoisotopic (exact) mass is 483 g/mol. The maximum atomic E-state index is 12.8. The zero-order chi connectivity index (χ0) is 24.2. The second-order valence-corrected chi connectivity index (χ2v) is 8.78. The van der Waals surface area contributed by atoms with E-state index >= 15 is 0 Å². The highest BCUT2D eigenvalue weighted by molar-refractivity contribution is 7.74. The number of carbonyl (C=O) groups is 1. The lowest BCUT2D eigenvalue weighted by Gasteiger charge is -2.20. The van der Waals surface area contributed by atoms with Gasteiger partial charge >= 0.3 is 0 Å². The summed E-state index contributed by atoms with van der Waals surface area (Å²) in [4.78, 5) is 27.7. The van der Waals surface area contributed by atoms with Crippen molar-refractivity contribution in [2.45, 2.75) is 26.8 Å². The molecule has 4 rings (SSSR count). The van der Waals surface area contributed by atoms with Crippen molar-refractivity contribution < 1.29 is 22.7 Å². The number of nitrogens with zero attached hydrogens (tertiary/aromatic N) is 1. The molecule has 2 N–H and O–H groups in total. The van der Waals surface area contributed by atoms with Crippen LogP contribution < -0.4 is 24.7 Å². The van der Waals surface area contributed by atoms with Gasteiger partial charge in [0.2, 0.25) is 10.9 Å². The van der Waals surface area contributed by atoms with Gasteiger partial charge in [0, 0.05) is 35.9 Å². The fourth-order valence-electron chi connectivity index (χ4n) is 3.77. The minimum absolute atomic E-state index is 0.0478. The average Bonchev–Trinajstić information content (AvgIpc) is 3.03. The molecule has 34 heavy (non-hydrogen) atoms. The fourth-order valence-corrected chi connectivity index (χ4v) is 4.40. The van der Waals surface area contributed by atoms with E-state index in [0.29, 0.717) is 41.7 Å². The highest BCUT2D eigenvalue weighted by atomic mass is 32.2. The summed E-state index contributed by atoms with van der Waals surface area (Å²) in [5.41, 5.74) is 2.64. The Morgan fingerprint density at radius 1 is 1.03 bits per heavy atom. The van der Waals surface area contributed by atoms with Gasteiger partial charge in [0.05, 0.1) is 24.6 Å². The van der Waals surface area contributed by atoms with Gasteiger partial charge in [-0.05, 0) is 55.8 Å². The standard InChI is InChI=1S/C24H25N3O6S/c1-15-11-16(2)26-24(29)20(15)14-25-23(28)17-5-3-6-18(12-17)27(34(30)31)19-7-8-21-22(13-19)33-10-4-9-32-21/h3,5-8,11-13,34H,4,9-10,14H2,1-2H3,(H,25,28)(H,26,29). The van der Waals surface area contributed by atoms with Crippen LogP contribution in [0.3, 0.4) is 0 Å². The molecule has 3 aromatic rings. The molecule has 10 heteroatoms. The first-order chi connectivity index (χ1) is 16.3. The lowest BCUT2D eigenvalue weighted by molar-refractivity contribution is 0.0950. The summed E-state index contributed by atoms with van der Waals surface area (Å²) in [5.74, 6) is 0.585. The number of benzene rings is 2. The summed E-state index contributed by atoms with van der Waals surface area (Å²) >= 11 is 0.